The number of halogens is 3. The van der Waals surface area contributed by atoms with Crippen LogP contribution in [0, 0.1) is 23.7 Å². The molecule has 1 aliphatic rings. The average Bonchev–Trinajstić information content (AvgIpc) is 3.47. The number of fused-ring (bicyclic) bond motifs is 1. The molecule has 2 N–H and O–H groups in total. The molecule has 0 unspecified atom stereocenters. The molecule has 0 saturated heterocycles. The molecular weight excluding hydrogens is 596 g/mol. The lowest BCUT2D eigenvalue weighted by Crippen LogP contribution is -2.26. The molecular formula is C33H34ClF2N9. The molecule has 232 valence electrons. The van der Waals surface area contributed by atoms with Crippen LogP contribution in [-0.4, -0.2) is 42.5 Å². The summed E-state index contributed by atoms with van der Waals surface area (Å²) in [5.74, 6) is 0. The Bertz CT molecular complexity index is 1930. The highest BCUT2D eigenvalue weighted by atomic mass is 35.5. The van der Waals surface area contributed by atoms with Crippen molar-refractivity contribution in [3.05, 3.63) is 82.7 Å². The van der Waals surface area contributed by atoms with Crippen molar-refractivity contribution in [2.45, 2.75) is 58.5 Å². The number of anilines is 2. The van der Waals surface area contributed by atoms with Gasteiger partial charge in [-0.2, -0.15) is 5.26 Å². The number of nitrogens with one attached hydrogen (secondary N) is 2. The predicted octanol–water partition coefficient (Wildman–Crippen LogP) is 7.47. The van der Waals surface area contributed by atoms with Gasteiger partial charge in [0, 0.05) is 36.4 Å². The molecule has 0 bridgehead atoms. The van der Waals surface area contributed by atoms with E-state index in [4.69, 9.17) is 11.6 Å². The van der Waals surface area contributed by atoms with Crippen LogP contribution in [0.25, 0.3) is 22.2 Å². The SMILES string of the molecule is Cc1c(-c2cncn2C)cccc1[C@H](Nc1cc(Cl)c2ncc(C#N)c(NCC(C)(C)C)c2c1)c1cn(C2(C(F)F)CC2)nn1. The number of pyridine rings is 1. The second-order valence-electron chi connectivity index (χ2n) is 12.9. The van der Waals surface area contributed by atoms with Crippen LogP contribution in [-0.2, 0) is 12.6 Å². The zero-order valence-electron chi connectivity index (χ0n) is 25.7. The molecule has 0 amide bonds. The van der Waals surface area contributed by atoms with Crippen LogP contribution in [0.2, 0.25) is 5.02 Å². The fraction of sp³-hybridized carbons (Fsp3) is 0.364. The summed E-state index contributed by atoms with van der Waals surface area (Å²) in [5, 5.41) is 26.6. The zero-order chi connectivity index (χ0) is 32.1. The topological polar surface area (TPSA) is 109 Å². The Balaban J connectivity index is 1.48. The Morgan fingerprint density at radius 3 is 2.60 bits per heavy atom. The Morgan fingerprint density at radius 1 is 1.18 bits per heavy atom. The number of rotatable bonds is 9. The van der Waals surface area contributed by atoms with Crippen molar-refractivity contribution in [1.29, 1.82) is 5.26 Å². The standard InChI is InChI=1S/C33H34ClF2N9/c1-19-22(27-15-38-18-44(27)5)7-6-8-23(19)30(26-16-45(43-42-26)33(9-10-33)31(35)36)41-21-11-24-28(40-17-32(2,3)4)20(13-37)14-39-29(24)25(34)12-21/h6-8,11-12,14-16,18,30-31,41H,9-10,17H2,1-5H3,(H,39,40)/t30-/m0/s1. The van der Waals surface area contributed by atoms with Gasteiger partial charge in [-0.3, -0.25) is 4.98 Å². The summed E-state index contributed by atoms with van der Waals surface area (Å²) >= 11 is 6.81. The lowest BCUT2D eigenvalue weighted by molar-refractivity contribution is 0.0593. The first-order chi connectivity index (χ1) is 21.4. The summed E-state index contributed by atoms with van der Waals surface area (Å²) in [6.45, 7) is 8.95. The Morgan fingerprint density at radius 2 is 1.96 bits per heavy atom. The molecule has 3 aromatic heterocycles. The summed E-state index contributed by atoms with van der Waals surface area (Å²) in [5.41, 5.74) is 5.13. The number of alkyl halides is 2. The number of nitrogens with zero attached hydrogens (tertiary/aromatic N) is 7. The second-order valence-corrected chi connectivity index (χ2v) is 13.3. The van der Waals surface area contributed by atoms with Crippen molar-refractivity contribution in [3.63, 3.8) is 0 Å². The van der Waals surface area contributed by atoms with Crippen molar-refractivity contribution in [1.82, 2.24) is 29.5 Å². The lowest BCUT2D eigenvalue weighted by atomic mass is 9.93. The van der Waals surface area contributed by atoms with Crippen molar-refractivity contribution in [2.24, 2.45) is 12.5 Å². The van der Waals surface area contributed by atoms with Crippen molar-refractivity contribution >= 4 is 33.9 Å². The van der Waals surface area contributed by atoms with Gasteiger partial charge in [0.1, 0.15) is 17.3 Å². The van der Waals surface area contributed by atoms with Crippen LogP contribution >= 0.6 is 11.6 Å². The minimum Gasteiger partial charge on any atom is -0.383 e. The molecule has 0 radical (unpaired) electrons. The fourth-order valence-corrected chi connectivity index (χ4v) is 5.88. The third-order valence-corrected chi connectivity index (χ3v) is 8.65. The number of hydrogen-bond donors (Lipinski definition) is 2. The van der Waals surface area contributed by atoms with Gasteiger partial charge in [-0.25, -0.2) is 18.4 Å². The normalized spacial score (nSPS) is 14.8. The summed E-state index contributed by atoms with van der Waals surface area (Å²) in [6, 6.07) is 11.3. The van der Waals surface area contributed by atoms with E-state index in [0.29, 0.717) is 57.9 Å². The molecule has 0 aliphatic heterocycles. The van der Waals surface area contributed by atoms with E-state index >= 15 is 0 Å². The third-order valence-electron chi connectivity index (χ3n) is 8.36. The van der Waals surface area contributed by atoms with Gasteiger partial charge in [-0.05, 0) is 48.4 Å². The molecule has 6 rings (SSSR count). The minimum atomic E-state index is -2.55. The van der Waals surface area contributed by atoms with E-state index in [2.05, 4.69) is 57.8 Å². The van der Waals surface area contributed by atoms with Crippen LogP contribution in [0.1, 0.15) is 62.0 Å². The Hall–Kier alpha value is -4.56. The second kappa shape index (κ2) is 11.4. The van der Waals surface area contributed by atoms with Gasteiger partial charge in [0.25, 0.3) is 6.43 Å². The van der Waals surface area contributed by atoms with E-state index in [9.17, 15) is 14.0 Å². The largest absolute Gasteiger partial charge is 0.383 e. The molecule has 0 spiro atoms. The number of imidazole rings is 1. The number of aryl methyl sites for hydroxylation is 1. The maximum Gasteiger partial charge on any atom is 0.263 e. The highest BCUT2D eigenvalue weighted by molar-refractivity contribution is 6.35. The van der Waals surface area contributed by atoms with Crippen LogP contribution in [0.3, 0.4) is 0 Å². The van der Waals surface area contributed by atoms with Crippen LogP contribution < -0.4 is 10.6 Å². The first-order valence-electron chi connectivity index (χ1n) is 14.7. The van der Waals surface area contributed by atoms with Crippen molar-refractivity contribution < 1.29 is 8.78 Å². The highest BCUT2D eigenvalue weighted by Crippen LogP contribution is 2.48. The Labute approximate surface area is 265 Å². The molecule has 1 aliphatic carbocycles. The summed E-state index contributed by atoms with van der Waals surface area (Å²) in [6.07, 6.45) is 4.83. The van der Waals surface area contributed by atoms with Gasteiger partial charge in [-0.1, -0.05) is 55.8 Å². The predicted molar refractivity (Wildman–Crippen MR) is 171 cm³/mol. The fourth-order valence-electron chi connectivity index (χ4n) is 5.61. The highest BCUT2D eigenvalue weighted by Gasteiger charge is 2.54. The molecule has 1 atom stereocenters. The van der Waals surface area contributed by atoms with Crippen LogP contribution in [0.4, 0.5) is 20.2 Å². The Kier molecular flexibility index (Phi) is 7.73. The molecule has 45 heavy (non-hydrogen) atoms. The molecule has 9 nitrogen and oxygen atoms in total. The molecule has 1 saturated carbocycles. The van der Waals surface area contributed by atoms with Gasteiger partial charge in [0.05, 0.1) is 52.2 Å². The van der Waals surface area contributed by atoms with Gasteiger partial charge < -0.3 is 15.2 Å². The summed E-state index contributed by atoms with van der Waals surface area (Å²) in [4.78, 5) is 8.77. The third kappa shape index (κ3) is 5.71. The lowest BCUT2D eigenvalue weighted by Gasteiger charge is -2.24. The average molecular weight is 630 g/mol. The monoisotopic (exact) mass is 629 g/mol. The molecule has 5 aromatic rings. The van der Waals surface area contributed by atoms with Gasteiger partial charge >= 0.3 is 0 Å². The van der Waals surface area contributed by atoms with Crippen LogP contribution in [0.5, 0.6) is 0 Å². The van der Waals surface area contributed by atoms with E-state index in [1.807, 2.05) is 42.8 Å². The van der Waals surface area contributed by atoms with E-state index in [1.165, 1.54) is 10.9 Å². The van der Waals surface area contributed by atoms with Gasteiger partial charge in [0.15, 0.2) is 0 Å². The quantitative estimate of drug-likeness (QED) is 0.174. The van der Waals surface area contributed by atoms with E-state index in [-0.39, 0.29) is 5.41 Å². The first-order valence-corrected chi connectivity index (χ1v) is 15.1. The van der Waals surface area contributed by atoms with E-state index in [0.717, 1.165) is 22.4 Å². The van der Waals surface area contributed by atoms with Gasteiger partial charge in [0.2, 0.25) is 0 Å². The number of aromatic nitrogens is 6. The smallest absolute Gasteiger partial charge is 0.263 e. The van der Waals surface area contributed by atoms with Crippen LogP contribution in [0.15, 0.2) is 55.2 Å². The summed E-state index contributed by atoms with van der Waals surface area (Å²) in [7, 11) is 1.93. The van der Waals surface area contributed by atoms with Crippen molar-refractivity contribution in [3.8, 4) is 17.3 Å². The van der Waals surface area contributed by atoms with E-state index in [1.54, 1.807) is 24.8 Å². The zero-order valence-corrected chi connectivity index (χ0v) is 26.5. The molecule has 12 heteroatoms. The number of nitriles is 1. The molecule has 3 heterocycles. The summed E-state index contributed by atoms with van der Waals surface area (Å²) < 4.78 is 31.3. The first kappa shape index (κ1) is 30.5. The number of benzene rings is 2. The maximum absolute atomic E-state index is 14.0. The maximum atomic E-state index is 14.0. The molecule has 2 aromatic carbocycles. The van der Waals surface area contributed by atoms with Crippen molar-refractivity contribution in [2.75, 3.05) is 17.2 Å². The number of hydrogen-bond acceptors (Lipinski definition) is 7. The van der Waals surface area contributed by atoms with E-state index < -0.39 is 18.0 Å². The minimum absolute atomic E-state index is 0.0492. The van der Waals surface area contributed by atoms with Gasteiger partial charge in [-0.15, -0.1) is 5.10 Å². The molecule has 1 fully saturated rings.